The number of hydrogen-bond acceptors (Lipinski definition) is 5. The second-order valence-corrected chi connectivity index (χ2v) is 6.29. The minimum atomic E-state index is -0.384. The van der Waals surface area contributed by atoms with E-state index < -0.39 is 0 Å². The van der Waals surface area contributed by atoms with E-state index in [0.717, 1.165) is 24.9 Å². The van der Waals surface area contributed by atoms with Crippen molar-refractivity contribution in [1.29, 1.82) is 0 Å². The summed E-state index contributed by atoms with van der Waals surface area (Å²) >= 11 is 0. The van der Waals surface area contributed by atoms with Crippen LogP contribution in [0.1, 0.15) is 19.3 Å². The van der Waals surface area contributed by atoms with Crippen LogP contribution in [0.25, 0.3) is 0 Å². The summed E-state index contributed by atoms with van der Waals surface area (Å²) in [5, 5.41) is 10.9. The number of nitro benzene ring substituents is 1. The van der Waals surface area contributed by atoms with Crippen molar-refractivity contribution in [2.45, 2.75) is 25.3 Å². The van der Waals surface area contributed by atoms with E-state index >= 15 is 0 Å². The van der Waals surface area contributed by atoms with Crippen molar-refractivity contribution in [2.24, 2.45) is 11.7 Å². The fourth-order valence-corrected chi connectivity index (χ4v) is 3.52. The Morgan fingerprint density at radius 3 is 2.57 bits per heavy atom. The van der Waals surface area contributed by atoms with E-state index in [2.05, 4.69) is 4.90 Å². The first-order valence-electron chi connectivity index (χ1n) is 8.10. The van der Waals surface area contributed by atoms with Crippen LogP contribution in [-0.2, 0) is 4.79 Å². The zero-order valence-corrected chi connectivity index (χ0v) is 13.1. The maximum Gasteiger partial charge on any atom is 0.271 e. The number of nitrogens with two attached hydrogens (primary N) is 1. The molecule has 2 N–H and O–H groups in total. The van der Waals surface area contributed by atoms with Gasteiger partial charge in [-0.3, -0.25) is 14.9 Å². The lowest BCUT2D eigenvalue weighted by atomic mass is 10.0. The summed E-state index contributed by atoms with van der Waals surface area (Å²) in [6.07, 6.45) is 2.86. The lowest BCUT2D eigenvalue weighted by Gasteiger charge is -2.37. The van der Waals surface area contributed by atoms with E-state index in [1.807, 2.05) is 11.0 Å². The van der Waals surface area contributed by atoms with Gasteiger partial charge in [0.1, 0.15) is 0 Å². The minimum absolute atomic E-state index is 0.00250. The van der Waals surface area contributed by atoms with Gasteiger partial charge in [-0.2, -0.15) is 0 Å². The molecule has 1 heterocycles. The molecule has 1 aliphatic heterocycles. The summed E-state index contributed by atoms with van der Waals surface area (Å²) in [4.78, 5) is 27.0. The van der Waals surface area contributed by atoms with E-state index in [1.54, 1.807) is 12.1 Å². The number of hydrogen-bond donors (Lipinski definition) is 1. The molecule has 1 aromatic carbocycles. The van der Waals surface area contributed by atoms with E-state index in [1.165, 1.54) is 6.07 Å². The highest BCUT2D eigenvalue weighted by Gasteiger charge is 2.34. The van der Waals surface area contributed by atoms with Crippen molar-refractivity contribution < 1.29 is 9.72 Å². The summed E-state index contributed by atoms with van der Waals surface area (Å²) < 4.78 is 0. The number of nitro groups is 1. The summed E-state index contributed by atoms with van der Waals surface area (Å²) in [5.41, 5.74) is 6.96. The Hall–Kier alpha value is -2.15. The van der Waals surface area contributed by atoms with Gasteiger partial charge >= 0.3 is 0 Å². The van der Waals surface area contributed by atoms with Crippen LogP contribution in [0, 0.1) is 16.0 Å². The van der Waals surface area contributed by atoms with Gasteiger partial charge in [0.2, 0.25) is 5.91 Å². The molecule has 2 unspecified atom stereocenters. The Morgan fingerprint density at radius 2 is 1.96 bits per heavy atom. The molecule has 7 nitrogen and oxygen atoms in total. The van der Waals surface area contributed by atoms with Crippen molar-refractivity contribution in [3.63, 3.8) is 0 Å². The second-order valence-electron chi connectivity index (χ2n) is 6.29. The van der Waals surface area contributed by atoms with Crippen molar-refractivity contribution in [1.82, 2.24) is 4.90 Å². The molecular formula is C16H22N4O3. The Labute approximate surface area is 135 Å². The molecule has 0 bridgehead atoms. The quantitative estimate of drug-likeness (QED) is 0.671. The smallest absolute Gasteiger partial charge is 0.271 e. The number of rotatable bonds is 3. The normalized spacial score (nSPS) is 24.7. The molecule has 2 fully saturated rings. The van der Waals surface area contributed by atoms with Gasteiger partial charge in [0, 0.05) is 50.0 Å². The van der Waals surface area contributed by atoms with Gasteiger partial charge < -0.3 is 15.5 Å². The minimum Gasteiger partial charge on any atom is -0.368 e. The SMILES string of the molecule is NC1CCCC1C(=O)N1CCN(c2cccc([N+](=O)[O-])c2)CC1. The molecule has 1 aliphatic carbocycles. The molecule has 0 spiro atoms. The number of amides is 1. The van der Waals surface area contributed by atoms with E-state index in [9.17, 15) is 14.9 Å². The van der Waals surface area contributed by atoms with Crippen molar-refractivity contribution in [2.75, 3.05) is 31.1 Å². The zero-order valence-electron chi connectivity index (χ0n) is 13.1. The van der Waals surface area contributed by atoms with E-state index in [-0.39, 0.29) is 28.5 Å². The third-order valence-corrected chi connectivity index (χ3v) is 4.88. The molecular weight excluding hydrogens is 296 g/mol. The Balaban J connectivity index is 1.61. The van der Waals surface area contributed by atoms with Gasteiger partial charge in [-0.25, -0.2) is 0 Å². The van der Waals surface area contributed by atoms with Crippen molar-refractivity contribution in [3.8, 4) is 0 Å². The average molecular weight is 318 g/mol. The number of nitrogens with zero attached hydrogens (tertiary/aromatic N) is 3. The second kappa shape index (κ2) is 6.54. The van der Waals surface area contributed by atoms with Crippen LogP contribution < -0.4 is 10.6 Å². The average Bonchev–Trinajstić information content (AvgIpc) is 3.00. The lowest BCUT2D eigenvalue weighted by molar-refractivity contribution is -0.384. The van der Waals surface area contributed by atoms with Crippen LogP contribution >= 0.6 is 0 Å². The molecule has 0 aromatic heterocycles. The maximum atomic E-state index is 12.5. The number of carbonyl (C=O) groups excluding carboxylic acids is 1. The fraction of sp³-hybridized carbons (Fsp3) is 0.562. The molecule has 124 valence electrons. The highest BCUT2D eigenvalue weighted by molar-refractivity contribution is 5.80. The molecule has 7 heteroatoms. The highest BCUT2D eigenvalue weighted by Crippen LogP contribution is 2.27. The fourth-order valence-electron chi connectivity index (χ4n) is 3.52. The zero-order chi connectivity index (χ0) is 16.4. The number of non-ortho nitro benzene ring substituents is 1. The summed E-state index contributed by atoms with van der Waals surface area (Å²) in [6, 6.07) is 6.65. The summed E-state index contributed by atoms with van der Waals surface area (Å²) in [6.45, 7) is 2.67. The molecule has 2 atom stereocenters. The third-order valence-electron chi connectivity index (χ3n) is 4.88. The molecule has 1 saturated heterocycles. The van der Waals surface area contributed by atoms with Gasteiger partial charge in [0.25, 0.3) is 5.69 Å². The van der Waals surface area contributed by atoms with Crippen molar-refractivity contribution in [3.05, 3.63) is 34.4 Å². The standard InChI is InChI=1S/C16H22N4O3/c17-15-6-2-5-14(15)16(21)19-9-7-18(8-10-19)12-3-1-4-13(11-12)20(22)23/h1,3-4,11,14-15H,2,5-10,17H2. The number of piperazine rings is 1. The summed E-state index contributed by atoms with van der Waals surface area (Å²) in [5.74, 6) is 0.146. The third kappa shape index (κ3) is 3.29. The van der Waals surface area contributed by atoms with Crippen LogP contribution in [0.5, 0.6) is 0 Å². The molecule has 0 radical (unpaired) electrons. The topological polar surface area (TPSA) is 92.7 Å². The number of benzene rings is 1. The molecule has 23 heavy (non-hydrogen) atoms. The van der Waals surface area contributed by atoms with Crippen LogP contribution in [0.2, 0.25) is 0 Å². The van der Waals surface area contributed by atoms with Crippen LogP contribution in [0.4, 0.5) is 11.4 Å². The maximum absolute atomic E-state index is 12.5. The van der Waals surface area contributed by atoms with Crippen LogP contribution in [0.15, 0.2) is 24.3 Å². The summed E-state index contributed by atoms with van der Waals surface area (Å²) in [7, 11) is 0. The van der Waals surface area contributed by atoms with Gasteiger partial charge in [-0.05, 0) is 18.9 Å². The predicted octanol–water partition coefficient (Wildman–Crippen LogP) is 1.37. The Kier molecular flexibility index (Phi) is 4.47. The first kappa shape index (κ1) is 15.7. The highest BCUT2D eigenvalue weighted by atomic mass is 16.6. The van der Waals surface area contributed by atoms with Crippen molar-refractivity contribution >= 4 is 17.3 Å². The van der Waals surface area contributed by atoms with Gasteiger partial charge in [-0.1, -0.05) is 12.5 Å². The number of anilines is 1. The Bertz CT molecular complexity index is 599. The van der Waals surface area contributed by atoms with E-state index in [0.29, 0.717) is 26.2 Å². The lowest BCUT2D eigenvalue weighted by Crippen LogP contribution is -2.52. The molecule has 1 amide bonds. The predicted molar refractivity (Wildman–Crippen MR) is 87.2 cm³/mol. The van der Waals surface area contributed by atoms with Gasteiger partial charge in [-0.15, -0.1) is 0 Å². The Morgan fingerprint density at radius 1 is 1.22 bits per heavy atom. The molecule has 2 aliphatic rings. The number of carbonyl (C=O) groups is 1. The molecule has 1 saturated carbocycles. The molecule has 3 rings (SSSR count). The monoisotopic (exact) mass is 318 g/mol. The first-order chi connectivity index (χ1) is 11.1. The van der Waals surface area contributed by atoms with Crippen LogP contribution in [0.3, 0.4) is 0 Å². The van der Waals surface area contributed by atoms with Crippen LogP contribution in [-0.4, -0.2) is 48.0 Å². The van der Waals surface area contributed by atoms with Gasteiger partial charge in [0.05, 0.1) is 10.8 Å². The van der Waals surface area contributed by atoms with E-state index in [4.69, 9.17) is 5.73 Å². The van der Waals surface area contributed by atoms with Gasteiger partial charge in [0.15, 0.2) is 0 Å². The molecule has 1 aromatic rings. The largest absolute Gasteiger partial charge is 0.368 e. The first-order valence-corrected chi connectivity index (χ1v) is 8.10.